The number of nitrogens with two attached hydrogens (primary N) is 1. The molecule has 0 unspecified atom stereocenters. The van der Waals surface area contributed by atoms with Crippen molar-refractivity contribution in [1.29, 1.82) is 0 Å². The summed E-state index contributed by atoms with van der Waals surface area (Å²) in [6.45, 7) is 9.56. The van der Waals surface area contributed by atoms with Crippen LogP contribution in [-0.2, 0) is 11.3 Å². The third-order valence-corrected chi connectivity index (χ3v) is 3.90. The number of hydrogen-bond donors (Lipinski definition) is 1. The van der Waals surface area contributed by atoms with E-state index in [9.17, 15) is 4.79 Å². The average molecular weight is 276 g/mol. The van der Waals surface area contributed by atoms with Crippen molar-refractivity contribution in [1.82, 2.24) is 9.88 Å². The molecule has 1 amide bonds. The maximum absolute atomic E-state index is 11.5. The first-order chi connectivity index (χ1) is 9.52. The topological polar surface area (TPSA) is 62.5 Å². The Bertz CT molecular complexity index is 501. The van der Waals surface area contributed by atoms with Gasteiger partial charge in [0.15, 0.2) is 0 Å². The molecule has 2 heterocycles. The number of aromatic nitrogens is 1. The van der Waals surface area contributed by atoms with E-state index in [0.29, 0.717) is 6.54 Å². The average Bonchev–Trinajstić information content (AvgIpc) is 2.63. The van der Waals surface area contributed by atoms with Crippen LogP contribution in [0.15, 0.2) is 6.07 Å². The van der Waals surface area contributed by atoms with Crippen LogP contribution in [0, 0.1) is 13.8 Å². The molecule has 20 heavy (non-hydrogen) atoms. The molecule has 1 saturated heterocycles. The fourth-order valence-electron chi connectivity index (χ4n) is 2.80. The van der Waals surface area contributed by atoms with Crippen LogP contribution in [0.4, 0.5) is 5.82 Å². The molecule has 2 rings (SSSR count). The van der Waals surface area contributed by atoms with Gasteiger partial charge in [-0.25, -0.2) is 4.98 Å². The van der Waals surface area contributed by atoms with E-state index < -0.39 is 0 Å². The van der Waals surface area contributed by atoms with E-state index in [0.717, 1.165) is 49.7 Å². The minimum atomic E-state index is 0.152. The second kappa shape index (κ2) is 6.22. The molecule has 110 valence electrons. The van der Waals surface area contributed by atoms with Gasteiger partial charge in [0, 0.05) is 50.9 Å². The van der Waals surface area contributed by atoms with Crippen LogP contribution in [0.25, 0.3) is 0 Å². The van der Waals surface area contributed by atoms with Gasteiger partial charge in [-0.15, -0.1) is 0 Å². The third kappa shape index (κ3) is 3.10. The molecule has 0 radical (unpaired) electrons. The first-order valence-electron chi connectivity index (χ1n) is 7.20. The predicted molar refractivity (Wildman–Crippen MR) is 80.7 cm³/mol. The second-order valence-electron chi connectivity index (χ2n) is 5.43. The molecule has 1 aromatic heterocycles. The van der Waals surface area contributed by atoms with Crippen LogP contribution in [0.3, 0.4) is 0 Å². The van der Waals surface area contributed by atoms with Gasteiger partial charge in [-0.05, 0) is 31.9 Å². The van der Waals surface area contributed by atoms with Crippen molar-refractivity contribution in [3.8, 4) is 0 Å². The molecule has 1 aromatic rings. The maximum atomic E-state index is 11.5. The number of amides is 1. The Balaban J connectivity index is 2.25. The van der Waals surface area contributed by atoms with Gasteiger partial charge in [-0.2, -0.15) is 0 Å². The van der Waals surface area contributed by atoms with Crippen LogP contribution in [-0.4, -0.2) is 42.0 Å². The van der Waals surface area contributed by atoms with Crippen LogP contribution < -0.4 is 10.6 Å². The molecule has 2 N–H and O–H groups in total. The molecule has 0 aromatic carbocycles. The lowest BCUT2D eigenvalue weighted by atomic mass is 10.1. The van der Waals surface area contributed by atoms with Gasteiger partial charge < -0.3 is 15.5 Å². The van der Waals surface area contributed by atoms with Gasteiger partial charge in [0.2, 0.25) is 5.91 Å². The summed E-state index contributed by atoms with van der Waals surface area (Å²) in [5.74, 6) is 1.15. The fraction of sp³-hybridized carbons (Fsp3) is 0.600. The quantitative estimate of drug-likeness (QED) is 0.882. The van der Waals surface area contributed by atoms with Gasteiger partial charge >= 0.3 is 0 Å². The van der Waals surface area contributed by atoms with Gasteiger partial charge in [0.25, 0.3) is 0 Å². The molecule has 0 bridgehead atoms. The maximum Gasteiger partial charge on any atom is 0.219 e. The standard InChI is InChI=1S/C15H24N4O/c1-11-9-12(2)17-15(14(11)10-16)19-6-4-5-18(7-8-19)13(3)20/h9H,4-8,10,16H2,1-3H3. The third-order valence-electron chi connectivity index (χ3n) is 3.90. The van der Waals surface area contributed by atoms with Crippen molar-refractivity contribution in [2.24, 2.45) is 5.73 Å². The summed E-state index contributed by atoms with van der Waals surface area (Å²) in [4.78, 5) is 20.4. The van der Waals surface area contributed by atoms with Crippen LogP contribution in [0.5, 0.6) is 0 Å². The Morgan fingerprint density at radius 2 is 2.05 bits per heavy atom. The molecule has 0 aliphatic carbocycles. The molecule has 1 aliphatic heterocycles. The molecular weight excluding hydrogens is 252 g/mol. The number of aryl methyl sites for hydroxylation is 2. The van der Waals surface area contributed by atoms with Crippen LogP contribution in [0.1, 0.15) is 30.2 Å². The van der Waals surface area contributed by atoms with Gasteiger partial charge in [0.05, 0.1) is 0 Å². The second-order valence-corrected chi connectivity index (χ2v) is 5.43. The Morgan fingerprint density at radius 3 is 2.70 bits per heavy atom. The lowest BCUT2D eigenvalue weighted by molar-refractivity contribution is -0.128. The number of hydrogen-bond acceptors (Lipinski definition) is 4. The molecule has 0 spiro atoms. The zero-order valence-corrected chi connectivity index (χ0v) is 12.6. The van der Waals surface area contributed by atoms with E-state index in [-0.39, 0.29) is 5.91 Å². The van der Waals surface area contributed by atoms with Crippen molar-refractivity contribution in [3.05, 3.63) is 22.9 Å². The van der Waals surface area contributed by atoms with E-state index >= 15 is 0 Å². The highest BCUT2D eigenvalue weighted by molar-refractivity contribution is 5.73. The van der Waals surface area contributed by atoms with Crippen molar-refractivity contribution >= 4 is 11.7 Å². The largest absolute Gasteiger partial charge is 0.354 e. The number of carbonyl (C=O) groups is 1. The zero-order valence-electron chi connectivity index (χ0n) is 12.6. The lowest BCUT2D eigenvalue weighted by Gasteiger charge is -2.25. The molecule has 0 atom stereocenters. The number of pyridine rings is 1. The normalized spacial score (nSPS) is 16.2. The van der Waals surface area contributed by atoms with Gasteiger partial charge in [0.1, 0.15) is 5.82 Å². The smallest absolute Gasteiger partial charge is 0.219 e. The van der Waals surface area contributed by atoms with Gasteiger partial charge in [-0.1, -0.05) is 0 Å². The molecule has 1 aliphatic rings. The summed E-state index contributed by atoms with van der Waals surface area (Å²) in [7, 11) is 0. The Labute approximate surface area is 120 Å². The summed E-state index contributed by atoms with van der Waals surface area (Å²) >= 11 is 0. The summed E-state index contributed by atoms with van der Waals surface area (Å²) in [6.07, 6.45) is 0.970. The van der Waals surface area contributed by atoms with E-state index in [1.165, 1.54) is 5.56 Å². The minimum Gasteiger partial charge on any atom is -0.354 e. The van der Waals surface area contributed by atoms with Crippen molar-refractivity contribution < 1.29 is 4.79 Å². The van der Waals surface area contributed by atoms with Crippen molar-refractivity contribution in [2.75, 3.05) is 31.1 Å². The Kier molecular flexibility index (Phi) is 4.60. The molecule has 5 nitrogen and oxygen atoms in total. The van der Waals surface area contributed by atoms with Crippen LogP contribution in [0.2, 0.25) is 0 Å². The molecule has 5 heteroatoms. The zero-order chi connectivity index (χ0) is 14.7. The van der Waals surface area contributed by atoms with Crippen molar-refractivity contribution in [2.45, 2.75) is 33.7 Å². The number of anilines is 1. The van der Waals surface area contributed by atoms with E-state index in [4.69, 9.17) is 5.73 Å². The first kappa shape index (κ1) is 14.8. The summed E-state index contributed by atoms with van der Waals surface area (Å²) < 4.78 is 0. The summed E-state index contributed by atoms with van der Waals surface area (Å²) in [6, 6.07) is 2.07. The fourth-order valence-corrected chi connectivity index (χ4v) is 2.80. The minimum absolute atomic E-state index is 0.152. The monoisotopic (exact) mass is 276 g/mol. The first-order valence-corrected chi connectivity index (χ1v) is 7.20. The van der Waals surface area contributed by atoms with E-state index in [1.54, 1.807) is 6.92 Å². The van der Waals surface area contributed by atoms with Crippen LogP contribution >= 0.6 is 0 Å². The SMILES string of the molecule is CC(=O)N1CCCN(c2nc(C)cc(C)c2CN)CC1. The van der Waals surface area contributed by atoms with Gasteiger partial charge in [-0.3, -0.25) is 4.79 Å². The number of nitrogens with zero attached hydrogens (tertiary/aromatic N) is 3. The predicted octanol–water partition coefficient (Wildman–Crippen LogP) is 1.22. The summed E-state index contributed by atoms with van der Waals surface area (Å²) in [5, 5.41) is 0. The Hall–Kier alpha value is -1.62. The molecule has 0 saturated carbocycles. The number of carbonyl (C=O) groups excluding carboxylic acids is 1. The highest BCUT2D eigenvalue weighted by atomic mass is 16.2. The van der Waals surface area contributed by atoms with Crippen molar-refractivity contribution in [3.63, 3.8) is 0 Å². The highest BCUT2D eigenvalue weighted by Gasteiger charge is 2.20. The van der Waals surface area contributed by atoms with E-state index in [1.807, 2.05) is 11.8 Å². The Morgan fingerprint density at radius 1 is 1.30 bits per heavy atom. The lowest BCUT2D eigenvalue weighted by Crippen LogP contribution is -2.34. The number of rotatable bonds is 2. The molecule has 1 fully saturated rings. The molecular formula is C15H24N4O. The highest BCUT2D eigenvalue weighted by Crippen LogP contribution is 2.23. The summed E-state index contributed by atoms with van der Waals surface area (Å²) in [5.41, 5.74) is 9.22. The van der Waals surface area contributed by atoms with E-state index in [2.05, 4.69) is 22.9 Å².